The zero-order chi connectivity index (χ0) is 13.8. The molecule has 2 rings (SSSR count). The Bertz CT molecular complexity index is 572. The summed E-state index contributed by atoms with van der Waals surface area (Å²) in [6.07, 6.45) is 3.52. The van der Waals surface area contributed by atoms with E-state index in [-0.39, 0.29) is 0 Å². The molecular formula is C15H18N2OS. The van der Waals surface area contributed by atoms with Gasteiger partial charge in [0, 0.05) is 5.56 Å². The highest BCUT2D eigenvalue weighted by molar-refractivity contribution is 7.17. The van der Waals surface area contributed by atoms with Crippen LogP contribution in [0, 0.1) is 6.92 Å². The Kier molecular flexibility index (Phi) is 4.32. The van der Waals surface area contributed by atoms with Crippen molar-refractivity contribution in [2.75, 3.05) is 0 Å². The lowest BCUT2D eigenvalue weighted by molar-refractivity contribution is 0.100. The standard InChI is InChI=1S/C15H18N2OS/c1-3-4-5-11-6-8-12(9-7-11)15-17-10(2)13(19-15)14(16)18/h6-9H,3-5H2,1-2H3,(H2,16,18). The fraction of sp³-hybridized carbons (Fsp3) is 0.333. The maximum atomic E-state index is 11.2. The van der Waals surface area contributed by atoms with Gasteiger partial charge in [0.2, 0.25) is 0 Å². The summed E-state index contributed by atoms with van der Waals surface area (Å²) in [5.41, 5.74) is 8.41. The van der Waals surface area contributed by atoms with Gasteiger partial charge in [0.25, 0.3) is 5.91 Å². The first-order chi connectivity index (χ1) is 9.11. The van der Waals surface area contributed by atoms with Gasteiger partial charge in [-0.3, -0.25) is 4.79 Å². The molecule has 0 saturated heterocycles. The number of unbranched alkanes of at least 4 members (excludes halogenated alkanes) is 1. The topological polar surface area (TPSA) is 56.0 Å². The molecule has 0 unspecified atom stereocenters. The number of amides is 1. The highest BCUT2D eigenvalue weighted by Gasteiger charge is 2.13. The maximum absolute atomic E-state index is 11.2. The van der Waals surface area contributed by atoms with Crippen molar-refractivity contribution in [1.82, 2.24) is 4.98 Å². The van der Waals surface area contributed by atoms with E-state index in [1.54, 1.807) is 0 Å². The van der Waals surface area contributed by atoms with Crippen LogP contribution in [0.25, 0.3) is 10.6 Å². The Balaban J connectivity index is 2.22. The molecule has 0 aliphatic rings. The van der Waals surface area contributed by atoms with Gasteiger partial charge in [-0.05, 0) is 25.3 Å². The van der Waals surface area contributed by atoms with Crippen molar-refractivity contribution in [1.29, 1.82) is 0 Å². The summed E-state index contributed by atoms with van der Waals surface area (Å²) in [5.74, 6) is -0.402. The second-order valence-corrected chi connectivity index (χ2v) is 5.60. The van der Waals surface area contributed by atoms with Gasteiger partial charge in [0.1, 0.15) is 9.88 Å². The van der Waals surface area contributed by atoms with Crippen molar-refractivity contribution < 1.29 is 4.79 Å². The number of primary amides is 1. The van der Waals surface area contributed by atoms with Crippen molar-refractivity contribution in [3.05, 3.63) is 40.4 Å². The molecule has 3 nitrogen and oxygen atoms in total. The van der Waals surface area contributed by atoms with Crippen molar-refractivity contribution >= 4 is 17.2 Å². The fourth-order valence-electron chi connectivity index (χ4n) is 1.94. The minimum absolute atomic E-state index is 0.402. The van der Waals surface area contributed by atoms with Crippen molar-refractivity contribution in [3.8, 4) is 10.6 Å². The van der Waals surface area contributed by atoms with Gasteiger partial charge in [-0.15, -0.1) is 11.3 Å². The molecule has 0 saturated carbocycles. The molecule has 1 amide bonds. The van der Waals surface area contributed by atoms with E-state index in [0.717, 1.165) is 17.0 Å². The quantitative estimate of drug-likeness (QED) is 0.906. The molecule has 1 heterocycles. The third kappa shape index (κ3) is 3.20. The molecule has 0 radical (unpaired) electrons. The molecule has 0 atom stereocenters. The summed E-state index contributed by atoms with van der Waals surface area (Å²) in [7, 11) is 0. The van der Waals surface area contributed by atoms with Crippen LogP contribution in [0.3, 0.4) is 0 Å². The van der Waals surface area contributed by atoms with Crippen molar-refractivity contribution in [3.63, 3.8) is 0 Å². The monoisotopic (exact) mass is 274 g/mol. The lowest BCUT2D eigenvalue weighted by Gasteiger charge is -2.01. The number of hydrogen-bond donors (Lipinski definition) is 1. The van der Waals surface area contributed by atoms with Crippen LogP contribution >= 0.6 is 11.3 Å². The van der Waals surface area contributed by atoms with Crippen LogP contribution < -0.4 is 5.73 Å². The van der Waals surface area contributed by atoms with E-state index in [0.29, 0.717) is 10.6 Å². The molecule has 0 spiro atoms. The first kappa shape index (κ1) is 13.7. The molecule has 19 heavy (non-hydrogen) atoms. The predicted octanol–water partition coefficient (Wildman–Crippen LogP) is 3.56. The first-order valence-electron chi connectivity index (χ1n) is 6.48. The average Bonchev–Trinajstić information content (AvgIpc) is 2.79. The number of rotatable bonds is 5. The fourth-order valence-corrected chi connectivity index (χ4v) is 2.87. The van der Waals surface area contributed by atoms with Crippen LogP contribution in [0.1, 0.15) is 40.7 Å². The molecule has 1 aromatic heterocycles. The number of thiazole rings is 1. The molecule has 2 N–H and O–H groups in total. The zero-order valence-electron chi connectivity index (χ0n) is 11.3. The van der Waals surface area contributed by atoms with E-state index in [1.807, 2.05) is 6.92 Å². The Labute approximate surface area is 117 Å². The number of carbonyl (C=O) groups is 1. The third-order valence-corrected chi connectivity index (χ3v) is 4.26. The Morgan fingerprint density at radius 2 is 2.00 bits per heavy atom. The van der Waals surface area contributed by atoms with E-state index in [4.69, 9.17) is 5.73 Å². The van der Waals surface area contributed by atoms with E-state index in [2.05, 4.69) is 36.2 Å². The van der Waals surface area contributed by atoms with E-state index < -0.39 is 5.91 Å². The summed E-state index contributed by atoms with van der Waals surface area (Å²) in [4.78, 5) is 16.2. The number of carbonyl (C=O) groups excluding carboxylic acids is 1. The van der Waals surface area contributed by atoms with Gasteiger partial charge >= 0.3 is 0 Å². The number of aromatic nitrogens is 1. The van der Waals surface area contributed by atoms with E-state index >= 15 is 0 Å². The summed E-state index contributed by atoms with van der Waals surface area (Å²) in [6.45, 7) is 4.01. The molecular weight excluding hydrogens is 256 g/mol. The number of nitrogens with two attached hydrogens (primary N) is 1. The van der Waals surface area contributed by atoms with Gasteiger partial charge < -0.3 is 5.73 Å². The Morgan fingerprint density at radius 1 is 1.32 bits per heavy atom. The summed E-state index contributed by atoms with van der Waals surface area (Å²) in [5, 5.41) is 0.855. The maximum Gasteiger partial charge on any atom is 0.260 e. The third-order valence-electron chi connectivity index (χ3n) is 3.04. The van der Waals surface area contributed by atoms with Crippen LogP contribution in [-0.2, 0) is 6.42 Å². The van der Waals surface area contributed by atoms with Gasteiger partial charge in [0.05, 0.1) is 5.69 Å². The average molecular weight is 274 g/mol. The number of hydrogen-bond acceptors (Lipinski definition) is 3. The largest absolute Gasteiger partial charge is 0.365 e. The lowest BCUT2D eigenvalue weighted by Crippen LogP contribution is -2.09. The van der Waals surface area contributed by atoms with Crippen LogP contribution in [0.4, 0.5) is 0 Å². The van der Waals surface area contributed by atoms with Gasteiger partial charge in [-0.2, -0.15) is 0 Å². The second kappa shape index (κ2) is 5.97. The second-order valence-electron chi connectivity index (χ2n) is 4.60. The first-order valence-corrected chi connectivity index (χ1v) is 7.30. The van der Waals surface area contributed by atoms with Crippen LogP contribution in [0.15, 0.2) is 24.3 Å². The molecule has 0 bridgehead atoms. The van der Waals surface area contributed by atoms with Crippen LogP contribution in [0.2, 0.25) is 0 Å². The normalized spacial score (nSPS) is 10.6. The highest BCUT2D eigenvalue weighted by Crippen LogP contribution is 2.27. The molecule has 4 heteroatoms. The van der Waals surface area contributed by atoms with Crippen molar-refractivity contribution in [2.45, 2.75) is 33.1 Å². The molecule has 0 fully saturated rings. The minimum Gasteiger partial charge on any atom is -0.365 e. The molecule has 1 aromatic carbocycles. The lowest BCUT2D eigenvalue weighted by atomic mass is 10.1. The van der Waals surface area contributed by atoms with Crippen LogP contribution in [0.5, 0.6) is 0 Å². The predicted molar refractivity (Wildman–Crippen MR) is 79.4 cm³/mol. The van der Waals surface area contributed by atoms with E-state index in [1.165, 1.54) is 29.7 Å². The smallest absolute Gasteiger partial charge is 0.260 e. The Hall–Kier alpha value is -1.68. The SMILES string of the molecule is CCCCc1ccc(-c2nc(C)c(C(N)=O)s2)cc1. The summed E-state index contributed by atoms with van der Waals surface area (Å²) < 4.78 is 0. The Morgan fingerprint density at radius 3 is 2.53 bits per heavy atom. The summed E-state index contributed by atoms with van der Waals surface area (Å²) >= 11 is 1.36. The zero-order valence-corrected chi connectivity index (χ0v) is 12.1. The number of aryl methyl sites for hydroxylation is 2. The minimum atomic E-state index is -0.402. The molecule has 100 valence electrons. The highest BCUT2D eigenvalue weighted by atomic mass is 32.1. The number of benzene rings is 1. The van der Waals surface area contributed by atoms with Gasteiger partial charge in [0.15, 0.2) is 0 Å². The summed E-state index contributed by atoms with van der Waals surface area (Å²) in [6, 6.07) is 8.39. The van der Waals surface area contributed by atoms with Gasteiger partial charge in [-0.1, -0.05) is 37.6 Å². The van der Waals surface area contributed by atoms with Crippen molar-refractivity contribution in [2.24, 2.45) is 5.73 Å². The molecule has 2 aromatic rings. The van der Waals surface area contributed by atoms with Gasteiger partial charge in [-0.25, -0.2) is 4.98 Å². The van der Waals surface area contributed by atoms with E-state index in [9.17, 15) is 4.79 Å². The molecule has 0 aliphatic heterocycles. The van der Waals surface area contributed by atoms with Crippen LogP contribution in [-0.4, -0.2) is 10.9 Å². The number of nitrogens with zero attached hydrogens (tertiary/aromatic N) is 1. The molecule has 0 aliphatic carbocycles.